The van der Waals surface area contributed by atoms with Crippen LogP contribution in [-0.4, -0.2) is 20.9 Å². The number of benzene rings is 1. The Labute approximate surface area is 84.9 Å². The molecule has 2 rings (SSSR count). The molecule has 0 aliphatic rings. The van der Waals surface area contributed by atoms with Crippen LogP contribution < -0.4 is 0 Å². The minimum atomic E-state index is -2.04. The minimum absolute atomic E-state index is 0.0816. The van der Waals surface area contributed by atoms with Gasteiger partial charge in [-0.2, -0.15) is 5.10 Å². The van der Waals surface area contributed by atoms with E-state index in [1.807, 2.05) is 0 Å². The quantitative estimate of drug-likeness (QED) is 0.816. The predicted octanol–water partition coefficient (Wildman–Crippen LogP) is 1.67. The average molecular weight is 208 g/mol. The van der Waals surface area contributed by atoms with E-state index in [-0.39, 0.29) is 5.69 Å². The van der Waals surface area contributed by atoms with Gasteiger partial charge in [0.25, 0.3) is 0 Å². The van der Waals surface area contributed by atoms with Crippen molar-refractivity contribution in [3.8, 4) is 0 Å². The summed E-state index contributed by atoms with van der Waals surface area (Å²) in [6.07, 6.45) is -2.04. The third-order valence-electron chi connectivity index (χ3n) is 2.24. The highest BCUT2D eigenvalue weighted by Gasteiger charge is 2.24. The van der Waals surface area contributed by atoms with Crippen LogP contribution in [-0.2, 0) is 11.8 Å². The molecule has 0 fully saturated rings. The zero-order chi connectivity index (χ0) is 11.0. The molecule has 0 saturated carbocycles. The van der Waals surface area contributed by atoms with Gasteiger partial charge in [-0.1, -0.05) is 18.2 Å². The number of carboxylic acids is 1. The Kier molecular flexibility index (Phi) is 2.15. The van der Waals surface area contributed by atoms with Crippen molar-refractivity contribution in [3.05, 3.63) is 30.0 Å². The van der Waals surface area contributed by atoms with E-state index >= 15 is 0 Å². The monoisotopic (exact) mass is 208 g/mol. The Morgan fingerprint density at radius 3 is 2.87 bits per heavy atom. The van der Waals surface area contributed by atoms with Crippen molar-refractivity contribution in [3.63, 3.8) is 0 Å². The number of hydrogen-bond donors (Lipinski definition) is 1. The zero-order valence-corrected chi connectivity index (χ0v) is 8.01. The van der Waals surface area contributed by atoms with Crippen molar-refractivity contribution in [1.82, 2.24) is 9.78 Å². The molecule has 15 heavy (non-hydrogen) atoms. The first-order valence-electron chi connectivity index (χ1n) is 4.40. The molecular formula is C10H9FN2O2. The van der Waals surface area contributed by atoms with Gasteiger partial charge in [0.15, 0.2) is 0 Å². The lowest BCUT2D eigenvalue weighted by atomic mass is 10.1. The maximum Gasteiger partial charge on any atom is 0.344 e. The highest BCUT2D eigenvalue weighted by molar-refractivity contribution is 5.86. The molecule has 0 spiro atoms. The molecule has 0 aliphatic heterocycles. The highest BCUT2D eigenvalue weighted by Crippen LogP contribution is 2.26. The standard InChI is InChI=1S/C10H9FN2O2/c1-13-9(8(11)10(14)15)6-4-2-3-5-7(6)12-13/h2-5,8H,1H3,(H,14,15). The third-order valence-corrected chi connectivity index (χ3v) is 2.24. The Balaban J connectivity index is 2.68. The molecule has 1 heterocycles. The molecule has 1 aromatic carbocycles. The molecule has 5 heteroatoms. The topological polar surface area (TPSA) is 55.1 Å². The van der Waals surface area contributed by atoms with Gasteiger partial charge >= 0.3 is 5.97 Å². The van der Waals surface area contributed by atoms with E-state index in [0.29, 0.717) is 10.9 Å². The van der Waals surface area contributed by atoms with Crippen molar-refractivity contribution < 1.29 is 14.3 Å². The van der Waals surface area contributed by atoms with Crippen LogP contribution in [0.3, 0.4) is 0 Å². The summed E-state index contributed by atoms with van der Waals surface area (Å²) in [5.74, 6) is -1.50. The summed E-state index contributed by atoms with van der Waals surface area (Å²) in [5, 5.41) is 13.2. The SMILES string of the molecule is Cn1nc2ccccc2c1C(F)C(=O)O. The van der Waals surface area contributed by atoms with Gasteiger partial charge in [0.05, 0.1) is 11.2 Å². The van der Waals surface area contributed by atoms with Gasteiger partial charge in [-0.25, -0.2) is 9.18 Å². The molecule has 1 unspecified atom stereocenters. The van der Waals surface area contributed by atoms with Crippen molar-refractivity contribution in [2.45, 2.75) is 6.17 Å². The van der Waals surface area contributed by atoms with Crippen molar-refractivity contribution >= 4 is 16.9 Å². The van der Waals surface area contributed by atoms with Gasteiger partial charge in [-0.3, -0.25) is 4.68 Å². The van der Waals surface area contributed by atoms with Crippen LogP contribution in [0.25, 0.3) is 10.9 Å². The number of fused-ring (bicyclic) bond motifs is 1. The number of carbonyl (C=O) groups is 1. The Bertz CT molecular complexity index is 521. The molecule has 0 radical (unpaired) electrons. The van der Waals surface area contributed by atoms with E-state index in [0.717, 1.165) is 0 Å². The zero-order valence-electron chi connectivity index (χ0n) is 8.01. The fourth-order valence-corrected chi connectivity index (χ4v) is 1.58. The molecule has 2 aromatic rings. The molecule has 0 aliphatic carbocycles. The summed E-state index contributed by atoms with van der Waals surface area (Å²) < 4.78 is 14.7. The molecular weight excluding hydrogens is 199 g/mol. The molecule has 4 nitrogen and oxygen atoms in total. The van der Waals surface area contributed by atoms with E-state index < -0.39 is 12.1 Å². The first-order valence-corrected chi connectivity index (χ1v) is 4.40. The maximum atomic E-state index is 13.4. The molecule has 0 amide bonds. The second-order valence-corrected chi connectivity index (χ2v) is 3.23. The number of aromatic nitrogens is 2. The van der Waals surface area contributed by atoms with Crippen LogP contribution in [0.1, 0.15) is 11.9 Å². The normalized spacial score (nSPS) is 12.9. The minimum Gasteiger partial charge on any atom is -0.479 e. The van der Waals surface area contributed by atoms with E-state index in [4.69, 9.17) is 5.11 Å². The number of rotatable bonds is 2. The second-order valence-electron chi connectivity index (χ2n) is 3.23. The average Bonchev–Trinajstić information content (AvgIpc) is 2.52. The summed E-state index contributed by atoms with van der Waals surface area (Å²) in [7, 11) is 1.53. The lowest BCUT2D eigenvalue weighted by Crippen LogP contribution is -2.10. The van der Waals surface area contributed by atoms with Crippen LogP contribution in [0.15, 0.2) is 24.3 Å². The summed E-state index contributed by atoms with van der Waals surface area (Å²) in [5.41, 5.74) is 0.678. The molecule has 1 atom stereocenters. The van der Waals surface area contributed by atoms with E-state index in [9.17, 15) is 9.18 Å². The van der Waals surface area contributed by atoms with Gasteiger partial charge in [0.1, 0.15) is 0 Å². The first kappa shape index (κ1) is 9.64. The number of hydrogen-bond acceptors (Lipinski definition) is 2. The third kappa shape index (κ3) is 1.45. The molecule has 0 saturated heterocycles. The van der Waals surface area contributed by atoms with Crippen molar-refractivity contribution in [2.24, 2.45) is 7.05 Å². The fourth-order valence-electron chi connectivity index (χ4n) is 1.58. The highest BCUT2D eigenvalue weighted by atomic mass is 19.1. The Hall–Kier alpha value is -1.91. The fraction of sp³-hybridized carbons (Fsp3) is 0.200. The summed E-state index contributed by atoms with van der Waals surface area (Å²) in [6.45, 7) is 0. The summed E-state index contributed by atoms with van der Waals surface area (Å²) in [6, 6.07) is 6.87. The lowest BCUT2D eigenvalue weighted by molar-refractivity contribution is -0.143. The number of carboxylic acid groups (broad SMARTS) is 1. The van der Waals surface area contributed by atoms with Crippen molar-refractivity contribution in [1.29, 1.82) is 0 Å². The molecule has 1 aromatic heterocycles. The van der Waals surface area contributed by atoms with Gasteiger partial charge in [-0.05, 0) is 6.07 Å². The summed E-state index contributed by atoms with van der Waals surface area (Å²) in [4.78, 5) is 10.6. The molecule has 1 N–H and O–H groups in total. The van der Waals surface area contributed by atoms with E-state index in [1.54, 1.807) is 24.3 Å². The number of aryl methyl sites for hydroxylation is 1. The lowest BCUT2D eigenvalue weighted by Gasteiger charge is -2.03. The number of halogens is 1. The maximum absolute atomic E-state index is 13.4. The molecule has 0 bridgehead atoms. The van der Waals surface area contributed by atoms with Gasteiger partial charge < -0.3 is 5.11 Å². The van der Waals surface area contributed by atoms with E-state index in [2.05, 4.69) is 5.10 Å². The van der Waals surface area contributed by atoms with Gasteiger partial charge in [0.2, 0.25) is 6.17 Å². The van der Waals surface area contributed by atoms with Crippen LogP contribution in [0.5, 0.6) is 0 Å². The summed E-state index contributed by atoms with van der Waals surface area (Å²) >= 11 is 0. The van der Waals surface area contributed by atoms with Crippen LogP contribution in [0.4, 0.5) is 4.39 Å². The smallest absolute Gasteiger partial charge is 0.344 e. The van der Waals surface area contributed by atoms with Gasteiger partial charge in [-0.15, -0.1) is 0 Å². The van der Waals surface area contributed by atoms with E-state index in [1.165, 1.54) is 11.7 Å². The van der Waals surface area contributed by atoms with Crippen LogP contribution in [0, 0.1) is 0 Å². The first-order chi connectivity index (χ1) is 7.11. The van der Waals surface area contributed by atoms with Crippen LogP contribution in [0.2, 0.25) is 0 Å². The second kappa shape index (κ2) is 3.34. The largest absolute Gasteiger partial charge is 0.479 e. The Morgan fingerprint density at radius 1 is 1.53 bits per heavy atom. The molecule has 78 valence electrons. The van der Waals surface area contributed by atoms with Crippen molar-refractivity contribution in [2.75, 3.05) is 0 Å². The number of alkyl halides is 1. The number of nitrogens with zero attached hydrogens (tertiary/aromatic N) is 2. The van der Waals surface area contributed by atoms with Gasteiger partial charge in [0, 0.05) is 12.4 Å². The predicted molar refractivity (Wildman–Crippen MR) is 52.2 cm³/mol. The Morgan fingerprint density at radius 2 is 2.20 bits per heavy atom. The number of aliphatic carboxylic acids is 1. The van der Waals surface area contributed by atoms with Crippen LogP contribution >= 0.6 is 0 Å².